The van der Waals surface area contributed by atoms with Crippen LogP contribution >= 0.6 is 0 Å². The Morgan fingerprint density at radius 2 is 1.72 bits per heavy atom. The fourth-order valence-corrected chi connectivity index (χ4v) is 4.28. The molecule has 0 aromatic heterocycles. The number of ether oxygens (including phenoxy) is 1. The van der Waals surface area contributed by atoms with Gasteiger partial charge in [-0.25, -0.2) is 0 Å². The Morgan fingerprint density at radius 1 is 0.966 bits per heavy atom. The number of hydrogen-bond acceptors (Lipinski definition) is 4. The van der Waals surface area contributed by atoms with Crippen molar-refractivity contribution < 1.29 is 14.6 Å². The quantitative estimate of drug-likeness (QED) is 0.747. The summed E-state index contributed by atoms with van der Waals surface area (Å²) in [5.74, 6) is 0.971. The Kier molecular flexibility index (Phi) is 4.60. The van der Waals surface area contributed by atoms with Crippen molar-refractivity contribution in [2.45, 2.75) is 13.0 Å². The number of aromatic hydroxyl groups is 1. The van der Waals surface area contributed by atoms with Crippen LogP contribution in [0.3, 0.4) is 0 Å². The van der Waals surface area contributed by atoms with Crippen molar-refractivity contribution in [2.24, 2.45) is 0 Å². The van der Waals surface area contributed by atoms with Crippen LogP contribution in [-0.4, -0.2) is 53.6 Å². The van der Waals surface area contributed by atoms with Gasteiger partial charge in [-0.15, -0.1) is 0 Å². The third-order valence-corrected chi connectivity index (χ3v) is 5.91. The summed E-state index contributed by atoms with van der Waals surface area (Å²) < 4.78 is 5.58. The summed E-state index contributed by atoms with van der Waals surface area (Å²) in [6.07, 6.45) is 0.987. The molecule has 2 aliphatic heterocycles. The van der Waals surface area contributed by atoms with Crippen LogP contribution in [-0.2, 0) is 13.0 Å². The first-order chi connectivity index (χ1) is 14.2. The summed E-state index contributed by atoms with van der Waals surface area (Å²) in [7, 11) is 0. The monoisotopic (exact) mass is 388 g/mol. The van der Waals surface area contributed by atoms with Gasteiger partial charge in [-0.05, 0) is 40.1 Å². The lowest BCUT2D eigenvalue weighted by molar-refractivity contribution is 0.0626. The Labute approximate surface area is 170 Å². The van der Waals surface area contributed by atoms with E-state index < -0.39 is 0 Å². The molecule has 3 aromatic rings. The van der Waals surface area contributed by atoms with Crippen molar-refractivity contribution in [1.82, 2.24) is 9.80 Å². The molecule has 0 atom stereocenters. The van der Waals surface area contributed by atoms with Gasteiger partial charge in [-0.1, -0.05) is 36.4 Å². The summed E-state index contributed by atoms with van der Waals surface area (Å²) in [4.78, 5) is 17.2. The average molecular weight is 388 g/mol. The zero-order valence-corrected chi connectivity index (χ0v) is 16.3. The van der Waals surface area contributed by atoms with Crippen LogP contribution < -0.4 is 4.74 Å². The minimum atomic E-state index is -0.0948. The largest absolute Gasteiger partial charge is 0.507 e. The standard InChI is InChI=1S/C24H24N2O3/c27-22-15-19-4-2-1-3-18(19)14-21(22)24(28)26-10-8-25(9-11-26)16-17-5-6-23-20(13-17)7-12-29-23/h1-6,13-15,27H,7-12,16H2. The van der Waals surface area contributed by atoms with E-state index in [0.29, 0.717) is 18.7 Å². The number of benzene rings is 3. The smallest absolute Gasteiger partial charge is 0.257 e. The molecule has 1 N–H and O–H groups in total. The molecule has 29 heavy (non-hydrogen) atoms. The number of nitrogens with zero attached hydrogens (tertiary/aromatic N) is 2. The molecule has 1 saturated heterocycles. The van der Waals surface area contributed by atoms with E-state index in [-0.39, 0.29) is 11.7 Å². The van der Waals surface area contributed by atoms with Crippen molar-refractivity contribution in [1.29, 1.82) is 0 Å². The molecule has 0 aliphatic carbocycles. The van der Waals surface area contributed by atoms with Crippen molar-refractivity contribution in [2.75, 3.05) is 32.8 Å². The lowest BCUT2D eigenvalue weighted by Gasteiger charge is -2.35. The molecule has 3 aromatic carbocycles. The summed E-state index contributed by atoms with van der Waals surface area (Å²) in [6, 6.07) is 17.7. The molecule has 2 heterocycles. The van der Waals surface area contributed by atoms with E-state index in [2.05, 4.69) is 23.1 Å². The Morgan fingerprint density at radius 3 is 2.52 bits per heavy atom. The molecule has 0 radical (unpaired) electrons. The first-order valence-corrected chi connectivity index (χ1v) is 10.2. The molecule has 1 fully saturated rings. The van der Waals surface area contributed by atoms with Crippen LogP contribution in [0.1, 0.15) is 21.5 Å². The third kappa shape index (κ3) is 3.54. The van der Waals surface area contributed by atoms with E-state index in [0.717, 1.165) is 49.2 Å². The highest BCUT2D eigenvalue weighted by atomic mass is 16.5. The summed E-state index contributed by atoms with van der Waals surface area (Å²) in [5.41, 5.74) is 2.97. The molecule has 5 heteroatoms. The fraction of sp³-hybridized carbons (Fsp3) is 0.292. The van der Waals surface area contributed by atoms with Crippen molar-refractivity contribution in [3.8, 4) is 11.5 Å². The number of piperazine rings is 1. The van der Waals surface area contributed by atoms with Gasteiger partial charge in [-0.2, -0.15) is 0 Å². The van der Waals surface area contributed by atoms with Gasteiger partial charge in [0.25, 0.3) is 5.91 Å². The molecule has 1 amide bonds. The molecule has 0 bridgehead atoms. The SMILES string of the molecule is O=C(c1cc2ccccc2cc1O)N1CCN(Cc2ccc3c(c2)CCO3)CC1. The summed E-state index contributed by atoms with van der Waals surface area (Å²) >= 11 is 0. The topological polar surface area (TPSA) is 53.0 Å². The second kappa shape index (κ2) is 7.41. The normalized spacial score (nSPS) is 16.6. The number of hydrogen-bond donors (Lipinski definition) is 1. The predicted octanol–water partition coefficient (Wildman–Crippen LogP) is 3.44. The molecule has 0 saturated carbocycles. The van der Waals surface area contributed by atoms with Crippen LogP contribution in [0.2, 0.25) is 0 Å². The zero-order valence-electron chi connectivity index (χ0n) is 16.3. The Hall–Kier alpha value is -3.05. The molecule has 0 spiro atoms. The third-order valence-electron chi connectivity index (χ3n) is 5.91. The fourth-order valence-electron chi connectivity index (χ4n) is 4.28. The van der Waals surface area contributed by atoms with Crippen molar-refractivity contribution >= 4 is 16.7 Å². The van der Waals surface area contributed by atoms with Crippen molar-refractivity contribution in [3.05, 3.63) is 71.3 Å². The number of carbonyl (C=O) groups is 1. The van der Waals surface area contributed by atoms with Crippen LogP contribution in [0.25, 0.3) is 10.8 Å². The first kappa shape index (κ1) is 18.0. The van der Waals surface area contributed by atoms with Gasteiger partial charge in [0.15, 0.2) is 0 Å². The molecule has 148 valence electrons. The van der Waals surface area contributed by atoms with Crippen LogP contribution in [0, 0.1) is 0 Å². The zero-order chi connectivity index (χ0) is 19.8. The summed E-state index contributed by atoms with van der Waals surface area (Å²) in [6.45, 7) is 4.65. The highest BCUT2D eigenvalue weighted by Crippen LogP contribution is 2.28. The second-order valence-electron chi connectivity index (χ2n) is 7.83. The predicted molar refractivity (Wildman–Crippen MR) is 112 cm³/mol. The van der Waals surface area contributed by atoms with E-state index in [1.165, 1.54) is 11.1 Å². The maximum absolute atomic E-state index is 13.0. The van der Waals surface area contributed by atoms with Crippen LogP contribution in [0.15, 0.2) is 54.6 Å². The minimum absolute atomic E-state index is 0.0523. The second-order valence-corrected chi connectivity index (χ2v) is 7.83. The maximum Gasteiger partial charge on any atom is 0.257 e. The lowest BCUT2D eigenvalue weighted by atomic mass is 10.0. The lowest BCUT2D eigenvalue weighted by Crippen LogP contribution is -2.48. The van der Waals surface area contributed by atoms with E-state index in [9.17, 15) is 9.90 Å². The Bertz CT molecular complexity index is 1070. The highest BCUT2D eigenvalue weighted by Gasteiger charge is 2.24. The maximum atomic E-state index is 13.0. The number of rotatable bonds is 3. The van der Waals surface area contributed by atoms with Gasteiger partial charge in [0.05, 0.1) is 12.2 Å². The number of phenolic OH excluding ortho intramolecular Hbond substituents is 1. The van der Waals surface area contributed by atoms with E-state index >= 15 is 0 Å². The number of fused-ring (bicyclic) bond motifs is 2. The van der Waals surface area contributed by atoms with Gasteiger partial charge in [0.1, 0.15) is 11.5 Å². The van der Waals surface area contributed by atoms with E-state index in [1.54, 1.807) is 12.1 Å². The molecular weight excluding hydrogens is 364 g/mol. The van der Waals surface area contributed by atoms with Crippen LogP contribution in [0.5, 0.6) is 11.5 Å². The number of carbonyl (C=O) groups excluding carboxylic acids is 1. The average Bonchev–Trinajstić information content (AvgIpc) is 3.21. The van der Waals surface area contributed by atoms with Gasteiger partial charge in [0, 0.05) is 39.1 Å². The van der Waals surface area contributed by atoms with Crippen molar-refractivity contribution in [3.63, 3.8) is 0 Å². The number of amides is 1. The molecule has 5 rings (SSSR count). The Balaban J connectivity index is 1.24. The van der Waals surface area contributed by atoms with Gasteiger partial charge in [-0.3, -0.25) is 9.69 Å². The van der Waals surface area contributed by atoms with Gasteiger partial charge >= 0.3 is 0 Å². The molecule has 5 nitrogen and oxygen atoms in total. The minimum Gasteiger partial charge on any atom is -0.507 e. The van der Waals surface area contributed by atoms with E-state index in [4.69, 9.17) is 4.74 Å². The first-order valence-electron chi connectivity index (χ1n) is 10.2. The van der Waals surface area contributed by atoms with E-state index in [1.807, 2.05) is 29.2 Å². The van der Waals surface area contributed by atoms with Crippen LogP contribution in [0.4, 0.5) is 0 Å². The molecule has 0 unspecified atom stereocenters. The van der Waals surface area contributed by atoms with Gasteiger partial charge < -0.3 is 14.7 Å². The van der Waals surface area contributed by atoms with Gasteiger partial charge in [0.2, 0.25) is 0 Å². The molecular formula is C24H24N2O3. The molecule has 2 aliphatic rings. The highest BCUT2D eigenvalue weighted by molar-refractivity contribution is 6.01. The number of phenols is 1. The summed E-state index contributed by atoms with van der Waals surface area (Å²) in [5, 5.41) is 12.3.